The standard InChI is InChI=1S/C16H32BN/c1-5-6-7-8-11-16(13-17)12-9-10-15(2)14-18(3)4/h10-11H,5-9,12-14,17H2,1-4H3/b15-10+,16-11+. The van der Waals surface area contributed by atoms with E-state index >= 15 is 0 Å². The van der Waals surface area contributed by atoms with Crippen LogP contribution in [0.5, 0.6) is 0 Å². The van der Waals surface area contributed by atoms with E-state index in [0.29, 0.717) is 0 Å². The normalized spacial score (nSPS) is 13.4. The van der Waals surface area contributed by atoms with E-state index in [9.17, 15) is 0 Å². The Morgan fingerprint density at radius 3 is 2.39 bits per heavy atom. The van der Waals surface area contributed by atoms with Gasteiger partial charge in [-0.3, -0.25) is 0 Å². The van der Waals surface area contributed by atoms with Gasteiger partial charge in [-0.05, 0) is 46.7 Å². The van der Waals surface area contributed by atoms with Crippen LogP contribution in [0.2, 0.25) is 6.32 Å². The van der Waals surface area contributed by atoms with Crippen LogP contribution in [-0.2, 0) is 0 Å². The van der Waals surface area contributed by atoms with Gasteiger partial charge in [-0.1, -0.05) is 49.4 Å². The average Bonchev–Trinajstić information content (AvgIpc) is 2.31. The van der Waals surface area contributed by atoms with Gasteiger partial charge in [0.15, 0.2) is 0 Å². The number of hydrogen-bond donors (Lipinski definition) is 0. The van der Waals surface area contributed by atoms with Crippen molar-refractivity contribution in [3.8, 4) is 0 Å². The van der Waals surface area contributed by atoms with Crippen molar-refractivity contribution in [3.63, 3.8) is 0 Å². The molecule has 0 bridgehead atoms. The zero-order chi connectivity index (χ0) is 13.8. The summed E-state index contributed by atoms with van der Waals surface area (Å²) in [6.07, 6.45) is 13.9. The van der Waals surface area contributed by atoms with Crippen LogP contribution in [0.4, 0.5) is 0 Å². The molecule has 0 fully saturated rings. The maximum Gasteiger partial charge on any atom is 0.106 e. The molecule has 0 heterocycles. The van der Waals surface area contributed by atoms with Crippen molar-refractivity contribution in [3.05, 3.63) is 23.3 Å². The molecule has 0 saturated carbocycles. The molecule has 2 heteroatoms. The van der Waals surface area contributed by atoms with Crippen molar-refractivity contribution in [2.75, 3.05) is 20.6 Å². The second kappa shape index (κ2) is 11.6. The maximum atomic E-state index is 2.48. The van der Waals surface area contributed by atoms with E-state index in [-0.39, 0.29) is 0 Å². The van der Waals surface area contributed by atoms with Crippen LogP contribution in [0.1, 0.15) is 52.4 Å². The summed E-state index contributed by atoms with van der Waals surface area (Å²) in [6.45, 7) is 5.58. The number of rotatable bonds is 10. The Kier molecular flexibility index (Phi) is 11.3. The van der Waals surface area contributed by atoms with E-state index in [4.69, 9.17) is 0 Å². The molecular formula is C16H32BN. The van der Waals surface area contributed by atoms with Crippen LogP contribution in [0.15, 0.2) is 23.3 Å². The predicted molar refractivity (Wildman–Crippen MR) is 87.1 cm³/mol. The van der Waals surface area contributed by atoms with E-state index in [1.165, 1.54) is 50.4 Å². The lowest BCUT2D eigenvalue weighted by Crippen LogP contribution is -2.13. The van der Waals surface area contributed by atoms with Crippen molar-refractivity contribution in [2.24, 2.45) is 0 Å². The summed E-state index contributed by atoms with van der Waals surface area (Å²) in [5.74, 6) is 0. The molecule has 0 N–H and O–H groups in total. The summed E-state index contributed by atoms with van der Waals surface area (Å²) in [6, 6.07) is 0. The Labute approximate surface area is 116 Å². The van der Waals surface area contributed by atoms with E-state index in [2.05, 4.69) is 52.8 Å². The third kappa shape index (κ3) is 10.6. The van der Waals surface area contributed by atoms with E-state index in [1.54, 1.807) is 5.57 Å². The number of allylic oxidation sites excluding steroid dienone is 3. The zero-order valence-electron chi connectivity index (χ0n) is 13.3. The smallest absolute Gasteiger partial charge is 0.106 e. The van der Waals surface area contributed by atoms with Crippen LogP contribution < -0.4 is 0 Å². The van der Waals surface area contributed by atoms with E-state index < -0.39 is 0 Å². The highest BCUT2D eigenvalue weighted by Gasteiger charge is 1.95. The van der Waals surface area contributed by atoms with Gasteiger partial charge in [0.1, 0.15) is 7.85 Å². The second-order valence-corrected chi connectivity index (χ2v) is 5.54. The Hall–Kier alpha value is -0.495. The Balaban J connectivity index is 3.92. The van der Waals surface area contributed by atoms with Gasteiger partial charge in [0.25, 0.3) is 0 Å². The predicted octanol–water partition coefficient (Wildman–Crippen LogP) is 3.83. The molecule has 0 aliphatic carbocycles. The molecule has 0 unspecified atom stereocenters. The third-order valence-electron chi connectivity index (χ3n) is 3.22. The first-order valence-corrected chi connectivity index (χ1v) is 7.58. The first kappa shape index (κ1) is 17.5. The minimum absolute atomic E-state index is 1.08. The fourth-order valence-corrected chi connectivity index (χ4v) is 2.19. The minimum atomic E-state index is 1.08. The first-order chi connectivity index (χ1) is 8.60. The molecule has 104 valence electrons. The molecule has 0 aromatic carbocycles. The van der Waals surface area contributed by atoms with Crippen LogP contribution in [-0.4, -0.2) is 33.4 Å². The van der Waals surface area contributed by atoms with Gasteiger partial charge in [0, 0.05) is 6.54 Å². The molecule has 1 nitrogen and oxygen atoms in total. The molecule has 0 aliphatic heterocycles. The summed E-state index contributed by atoms with van der Waals surface area (Å²) in [7, 11) is 6.53. The molecule has 18 heavy (non-hydrogen) atoms. The van der Waals surface area contributed by atoms with Crippen molar-refractivity contribution < 1.29 is 0 Å². The molecule has 0 spiro atoms. The lowest BCUT2D eigenvalue weighted by molar-refractivity contribution is 0.444. The fraction of sp³-hybridized carbons (Fsp3) is 0.750. The van der Waals surface area contributed by atoms with Gasteiger partial charge in [-0.2, -0.15) is 0 Å². The highest BCUT2D eigenvalue weighted by Crippen LogP contribution is 2.13. The highest BCUT2D eigenvalue weighted by atomic mass is 15.0. The SMILES string of the molecule is BC/C(=C/CCCCC)CC/C=C(\C)CN(C)C. The van der Waals surface area contributed by atoms with Crippen molar-refractivity contribution in [2.45, 2.75) is 58.7 Å². The monoisotopic (exact) mass is 249 g/mol. The van der Waals surface area contributed by atoms with Gasteiger partial charge in [0.05, 0.1) is 0 Å². The Bertz CT molecular complexity index is 254. The lowest BCUT2D eigenvalue weighted by Gasteiger charge is -2.10. The van der Waals surface area contributed by atoms with Gasteiger partial charge >= 0.3 is 0 Å². The van der Waals surface area contributed by atoms with Gasteiger partial charge < -0.3 is 4.90 Å². The van der Waals surface area contributed by atoms with E-state index in [1.807, 2.05) is 0 Å². The van der Waals surface area contributed by atoms with Crippen molar-refractivity contribution in [1.82, 2.24) is 4.90 Å². The van der Waals surface area contributed by atoms with Crippen LogP contribution >= 0.6 is 0 Å². The highest BCUT2D eigenvalue weighted by molar-refractivity contribution is 6.10. The maximum absolute atomic E-state index is 2.48. The molecule has 0 atom stereocenters. The fourth-order valence-electron chi connectivity index (χ4n) is 2.19. The summed E-state index contributed by atoms with van der Waals surface area (Å²) in [5, 5.41) is 0. The molecule has 0 aliphatic rings. The second-order valence-electron chi connectivity index (χ2n) is 5.54. The molecule has 0 radical (unpaired) electrons. The molecular weight excluding hydrogens is 217 g/mol. The lowest BCUT2D eigenvalue weighted by atomic mass is 9.92. The summed E-state index contributed by atoms with van der Waals surface area (Å²) in [4.78, 5) is 2.23. The number of nitrogens with zero attached hydrogens (tertiary/aromatic N) is 1. The Morgan fingerprint density at radius 2 is 1.83 bits per heavy atom. The molecule has 0 amide bonds. The summed E-state index contributed by atoms with van der Waals surface area (Å²) >= 11 is 0. The zero-order valence-corrected chi connectivity index (χ0v) is 13.3. The van der Waals surface area contributed by atoms with Crippen LogP contribution in [0, 0.1) is 0 Å². The molecule has 0 aromatic heterocycles. The van der Waals surface area contributed by atoms with Crippen molar-refractivity contribution >= 4 is 7.85 Å². The largest absolute Gasteiger partial charge is 0.305 e. The van der Waals surface area contributed by atoms with Gasteiger partial charge in [-0.25, -0.2) is 0 Å². The molecule has 0 rings (SSSR count). The summed E-state index contributed by atoms with van der Waals surface area (Å²) < 4.78 is 0. The average molecular weight is 249 g/mol. The molecule has 0 saturated heterocycles. The van der Waals surface area contributed by atoms with Gasteiger partial charge in [-0.15, -0.1) is 0 Å². The number of hydrogen-bond acceptors (Lipinski definition) is 1. The summed E-state index contributed by atoms with van der Waals surface area (Å²) in [5.41, 5.74) is 3.13. The van der Waals surface area contributed by atoms with Crippen molar-refractivity contribution in [1.29, 1.82) is 0 Å². The Morgan fingerprint density at radius 1 is 1.11 bits per heavy atom. The molecule has 0 aromatic rings. The van der Waals surface area contributed by atoms with Gasteiger partial charge in [0.2, 0.25) is 0 Å². The first-order valence-electron chi connectivity index (χ1n) is 7.58. The van der Waals surface area contributed by atoms with Crippen LogP contribution in [0.3, 0.4) is 0 Å². The quantitative estimate of drug-likeness (QED) is 0.323. The number of likely N-dealkylation sites (N-methyl/N-ethyl adjacent to an activating group) is 1. The van der Waals surface area contributed by atoms with Crippen LogP contribution in [0.25, 0.3) is 0 Å². The third-order valence-corrected chi connectivity index (χ3v) is 3.22. The topological polar surface area (TPSA) is 3.24 Å². The minimum Gasteiger partial charge on any atom is -0.305 e. The number of unbranched alkanes of at least 4 members (excludes halogenated alkanes) is 3. The van der Waals surface area contributed by atoms with E-state index in [0.717, 1.165) is 6.54 Å².